The number of ether oxygens (including phenoxy) is 2. The lowest BCUT2D eigenvalue weighted by atomic mass is 10.2. The minimum atomic E-state index is -2.88. The average molecular weight is 286 g/mol. The number of halogens is 2. The van der Waals surface area contributed by atoms with Gasteiger partial charge >= 0.3 is 6.61 Å². The Balaban J connectivity index is 2.08. The Morgan fingerprint density at radius 3 is 2.84 bits per heavy atom. The van der Waals surface area contributed by atoms with Crippen molar-refractivity contribution in [1.82, 2.24) is 4.98 Å². The Hall–Kier alpha value is -1.89. The van der Waals surface area contributed by atoms with Gasteiger partial charge in [0.2, 0.25) is 0 Å². The van der Waals surface area contributed by atoms with E-state index in [9.17, 15) is 8.78 Å². The van der Waals surface area contributed by atoms with E-state index in [4.69, 9.17) is 4.74 Å². The van der Waals surface area contributed by atoms with Gasteiger partial charge in [-0.05, 0) is 17.7 Å². The largest absolute Gasteiger partial charge is 0.493 e. The van der Waals surface area contributed by atoms with Gasteiger partial charge in [0.25, 0.3) is 0 Å². The van der Waals surface area contributed by atoms with Gasteiger partial charge in [-0.2, -0.15) is 8.78 Å². The lowest BCUT2D eigenvalue weighted by Gasteiger charge is -2.11. The van der Waals surface area contributed by atoms with Crippen LogP contribution in [-0.4, -0.2) is 18.7 Å². The van der Waals surface area contributed by atoms with Crippen molar-refractivity contribution in [3.05, 3.63) is 35.3 Å². The molecule has 0 radical (unpaired) electrons. The number of methoxy groups -OCH3 is 1. The van der Waals surface area contributed by atoms with Crippen LogP contribution in [0.25, 0.3) is 0 Å². The number of alkyl halides is 2. The van der Waals surface area contributed by atoms with Crippen molar-refractivity contribution in [2.24, 2.45) is 0 Å². The lowest BCUT2D eigenvalue weighted by molar-refractivity contribution is -0.0512. The third kappa shape index (κ3) is 3.78. The van der Waals surface area contributed by atoms with Crippen LogP contribution in [0, 0.1) is 0 Å². The number of anilines is 1. The molecule has 2 aromatic rings. The van der Waals surface area contributed by atoms with E-state index in [0.717, 1.165) is 10.7 Å². The smallest absolute Gasteiger partial charge is 0.387 e. The molecule has 1 N–H and O–H groups in total. The second-order valence-corrected chi connectivity index (χ2v) is 4.45. The SMILES string of the molecule is COc1ccc(CNc2nccs2)cc1OC(F)F. The molecule has 0 bridgehead atoms. The van der Waals surface area contributed by atoms with Crippen LogP contribution >= 0.6 is 11.3 Å². The van der Waals surface area contributed by atoms with Crippen LogP contribution in [0.4, 0.5) is 13.9 Å². The van der Waals surface area contributed by atoms with E-state index in [0.29, 0.717) is 6.54 Å². The Morgan fingerprint density at radius 1 is 1.37 bits per heavy atom. The third-order valence-electron chi connectivity index (χ3n) is 2.32. The molecular weight excluding hydrogens is 274 g/mol. The summed E-state index contributed by atoms with van der Waals surface area (Å²) >= 11 is 1.47. The van der Waals surface area contributed by atoms with Gasteiger partial charge in [0.1, 0.15) is 0 Å². The zero-order valence-electron chi connectivity index (χ0n) is 10.1. The lowest BCUT2D eigenvalue weighted by Crippen LogP contribution is -2.05. The predicted molar refractivity (Wildman–Crippen MR) is 69.1 cm³/mol. The number of rotatable bonds is 6. The highest BCUT2D eigenvalue weighted by molar-refractivity contribution is 7.13. The zero-order valence-corrected chi connectivity index (χ0v) is 10.9. The summed E-state index contributed by atoms with van der Waals surface area (Å²) < 4.78 is 33.9. The molecule has 7 heteroatoms. The molecule has 1 aromatic heterocycles. The van der Waals surface area contributed by atoms with Crippen LogP contribution < -0.4 is 14.8 Å². The number of aromatic nitrogens is 1. The summed E-state index contributed by atoms with van der Waals surface area (Å²) in [5, 5.41) is 5.70. The molecule has 0 aliphatic heterocycles. The van der Waals surface area contributed by atoms with E-state index < -0.39 is 6.61 Å². The molecule has 0 aliphatic rings. The molecule has 2 rings (SSSR count). The summed E-state index contributed by atoms with van der Waals surface area (Å²) in [7, 11) is 1.40. The molecular formula is C12H12F2N2O2S. The van der Waals surface area contributed by atoms with Crippen LogP contribution in [0.3, 0.4) is 0 Å². The first-order valence-electron chi connectivity index (χ1n) is 5.44. The van der Waals surface area contributed by atoms with Crippen LogP contribution in [-0.2, 0) is 6.54 Å². The van der Waals surface area contributed by atoms with E-state index in [1.54, 1.807) is 18.3 Å². The van der Waals surface area contributed by atoms with Gasteiger partial charge in [0, 0.05) is 18.1 Å². The van der Waals surface area contributed by atoms with Crippen molar-refractivity contribution < 1.29 is 18.3 Å². The molecule has 102 valence electrons. The second kappa shape index (κ2) is 6.33. The van der Waals surface area contributed by atoms with Crippen LogP contribution in [0.15, 0.2) is 29.8 Å². The quantitative estimate of drug-likeness (QED) is 0.884. The van der Waals surface area contributed by atoms with Crippen molar-refractivity contribution >= 4 is 16.5 Å². The van der Waals surface area contributed by atoms with Crippen LogP contribution in [0.1, 0.15) is 5.56 Å². The fourth-order valence-corrected chi connectivity index (χ4v) is 2.04. The van der Waals surface area contributed by atoms with Crippen molar-refractivity contribution in [3.8, 4) is 11.5 Å². The fraction of sp³-hybridized carbons (Fsp3) is 0.250. The number of nitrogens with one attached hydrogen (secondary N) is 1. The highest BCUT2D eigenvalue weighted by atomic mass is 32.1. The van der Waals surface area contributed by atoms with Gasteiger partial charge in [-0.25, -0.2) is 4.98 Å². The molecule has 0 spiro atoms. The monoisotopic (exact) mass is 286 g/mol. The molecule has 0 fully saturated rings. The Labute approximate surface area is 113 Å². The van der Waals surface area contributed by atoms with E-state index >= 15 is 0 Å². The number of hydrogen-bond donors (Lipinski definition) is 1. The zero-order chi connectivity index (χ0) is 13.7. The summed E-state index contributed by atoms with van der Waals surface area (Å²) in [6, 6.07) is 4.89. The predicted octanol–water partition coefficient (Wildman–Crippen LogP) is 3.37. The first-order valence-corrected chi connectivity index (χ1v) is 6.32. The van der Waals surface area contributed by atoms with Gasteiger partial charge in [-0.15, -0.1) is 11.3 Å². The van der Waals surface area contributed by atoms with Gasteiger partial charge < -0.3 is 14.8 Å². The maximum absolute atomic E-state index is 12.3. The van der Waals surface area contributed by atoms with Crippen molar-refractivity contribution in [2.75, 3.05) is 12.4 Å². The first-order chi connectivity index (χ1) is 9.19. The molecule has 0 unspecified atom stereocenters. The normalized spacial score (nSPS) is 10.5. The maximum Gasteiger partial charge on any atom is 0.387 e. The number of thiazole rings is 1. The minimum absolute atomic E-state index is 0.0240. The molecule has 1 aromatic carbocycles. The summed E-state index contributed by atoms with van der Waals surface area (Å²) in [6.07, 6.45) is 1.69. The molecule has 0 saturated carbocycles. The minimum Gasteiger partial charge on any atom is -0.493 e. The third-order valence-corrected chi connectivity index (χ3v) is 3.05. The molecule has 0 amide bonds. The van der Waals surface area contributed by atoms with Crippen LogP contribution in [0.5, 0.6) is 11.5 Å². The number of hydrogen-bond acceptors (Lipinski definition) is 5. The maximum atomic E-state index is 12.3. The highest BCUT2D eigenvalue weighted by Gasteiger charge is 2.11. The van der Waals surface area contributed by atoms with Gasteiger partial charge in [-0.1, -0.05) is 6.07 Å². The topological polar surface area (TPSA) is 43.4 Å². The summed E-state index contributed by atoms with van der Waals surface area (Å²) in [5.41, 5.74) is 0.798. The Kier molecular flexibility index (Phi) is 4.51. The van der Waals surface area contributed by atoms with Crippen molar-refractivity contribution in [1.29, 1.82) is 0 Å². The summed E-state index contributed by atoms with van der Waals surface area (Å²) in [5.74, 6) is 0.300. The van der Waals surface area contributed by atoms with Gasteiger partial charge in [-0.3, -0.25) is 0 Å². The van der Waals surface area contributed by atoms with Crippen molar-refractivity contribution in [3.63, 3.8) is 0 Å². The molecule has 0 atom stereocenters. The number of benzene rings is 1. The van der Waals surface area contributed by atoms with Crippen molar-refractivity contribution in [2.45, 2.75) is 13.2 Å². The molecule has 1 heterocycles. The molecule has 0 aliphatic carbocycles. The fourth-order valence-electron chi connectivity index (χ4n) is 1.51. The Morgan fingerprint density at radius 2 is 2.21 bits per heavy atom. The molecule has 0 saturated heterocycles. The molecule has 4 nitrogen and oxygen atoms in total. The van der Waals surface area contributed by atoms with Gasteiger partial charge in [0.05, 0.1) is 7.11 Å². The van der Waals surface area contributed by atoms with E-state index in [-0.39, 0.29) is 11.5 Å². The summed E-state index contributed by atoms with van der Waals surface area (Å²) in [4.78, 5) is 4.07. The Bertz CT molecular complexity index is 520. The first kappa shape index (κ1) is 13.5. The van der Waals surface area contributed by atoms with Crippen LogP contribution in [0.2, 0.25) is 0 Å². The second-order valence-electron chi connectivity index (χ2n) is 3.55. The van der Waals surface area contributed by atoms with E-state index in [1.807, 2.05) is 5.38 Å². The van der Waals surface area contributed by atoms with E-state index in [1.165, 1.54) is 24.5 Å². The van der Waals surface area contributed by atoms with Gasteiger partial charge in [0.15, 0.2) is 16.6 Å². The van der Waals surface area contributed by atoms with E-state index in [2.05, 4.69) is 15.0 Å². The highest BCUT2D eigenvalue weighted by Crippen LogP contribution is 2.29. The standard InChI is InChI=1S/C12H12F2N2O2S/c1-17-9-3-2-8(6-10(9)18-11(13)14)7-16-12-15-4-5-19-12/h2-6,11H,7H2,1H3,(H,15,16). The number of nitrogens with zero attached hydrogens (tertiary/aromatic N) is 1. The summed E-state index contributed by atoms with van der Waals surface area (Å²) in [6.45, 7) is -2.41. The molecule has 19 heavy (non-hydrogen) atoms. The average Bonchev–Trinajstić information content (AvgIpc) is 2.89.